The van der Waals surface area contributed by atoms with Crippen LogP contribution < -0.4 is 10.5 Å². The molecular weight excluding hydrogens is 330 g/mol. The standard InChI is InChI=1S/C14H11BrF2N2O/c1-7-2-3-11(9(4-7)14(18)19)20-12-6-8(15)5-10(16)13(12)17/h2-6H,1H3,(H3,18,19). The Balaban J connectivity index is 2.48. The van der Waals surface area contributed by atoms with E-state index in [-0.39, 0.29) is 17.3 Å². The van der Waals surface area contributed by atoms with Crippen LogP contribution in [0.2, 0.25) is 0 Å². The van der Waals surface area contributed by atoms with E-state index in [4.69, 9.17) is 15.9 Å². The van der Waals surface area contributed by atoms with Crippen LogP contribution in [-0.4, -0.2) is 5.84 Å². The van der Waals surface area contributed by atoms with Crippen molar-refractivity contribution >= 4 is 21.8 Å². The first-order valence-corrected chi connectivity index (χ1v) is 6.45. The Morgan fingerprint density at radius 1 is 1.20 bits per heavy atom. The molecule has 3 N–H and O–H groups in total. The van der Waals surface area contributed by atoms with Gasteiger partial charge in [-0.25, -0.2) is 4.39 Å². The molecule has 2 aromatic carbocycles. The van der Waals surface area contributed by atoms with E-state index in [0.29, 0.717) is 10.0 Å². The summed E-state index contributed by atoms with van der Waals surface area (Å²) in [5, 5.41) is 7.50. The van der Waals surface area contributed by atoms with Crippen LogP contribution in [0.25, 0.3) is 0 Å². The van der Waals surface area contributed by atoms with Crippen molar-refractivity contribution in [2.75, 3.05) is 0 Å². The van der Waals surface area contributed by atoms with Crippen LogP contribution in [0.15, 0.2) is 34.8 Å². The molecule has 0 fully saturated rings. The fourth-order valence-corrected chi connectivity index (χ4v) is 2.08. The quantitative estimate of drug-likeness (QED) is 0.501. The molecule has 2 rings (SSSR count). The minimum absolute atomic E-state index is 0.194. The molecule has 0 amide bonds. The van der Waals surface area contributed by atoms with E-state index >= 15 is 0 Å². The molecule has 20 heavy (non-hydrogen) atoms. The smallest absolute Gasteiger partial charge is 0.201 e. The van der Waals surface area contributed by atoms with E-state index in [2.05, 4.69) is 15.9 Å². The van der Waals surface area contributed by atoms with Gasteiger partial charge in [-0.1, -0.05) is 27.6 Å². The Bertz CT molecular complexity index is 689. The summed E-state index contributed by atoms with van der Waals surface area (Å²) in [7, 11) is 0. The summed E-state index contributed by atoms with van der Waals surface area (Å²) in [6.07, 6.45) is 0. The molecule has 104 valence electrons. The normalized spacial score (nSPS) is 10.4. The maximum absolute atomic E-state index is 13.7. The molecule has 0 heterocycles. The highest BCUT2D eigenvalue weighted by Crippen LogP contribution is 2.31. The summed E-state index contributed by atoms with van der Waals surface area (Å²) >= 11 is 3.07. The lowest BCUT2D eigenvalue weighted by atomic mass is 10.1. The fourth-order valence-electron chi connectivity index (χ4n) is 1.67. The zero-order valence-electron chi connectivity index (χ0n) is 10.5. The summed E-state index contributed by atoms with van der Waals surface area (Å²) in [6.45, 7) is 1.83. The van der Waals surface area contributed by atoms with Gasteiger partial charge in [-0.2, -0.15) is 4.39 Å². The molecule has 0 aromatic heterocycles. The van der Waals surface area contributed by atoms with Crippen molar-refractivity contribution in [3.8, 4) is 11.5 Å². The van der Waals surface area contributed by atoms with E-state index in [1.54, 1.807) is 18.2 Å². The Kier molecular flexibility index (Phi) is 4.04. The van der Waals surface area contributed by atoms with Crippen LogP contribution in [-0.2, 0) is 0 Å². The van der Waals surface area contributed by atoms with Crippen LogP contribution in [0, 0.1) is 24.0 Å². The number of halogens is 3. The summed E-state index contributed by atoms with van der Waals surface area (Å²) < 4.78 is 32.7. The molecule has 0 saturated carbocycles. The summed E-state index contributed by atoms with van der Waals surface area (Å²) in [4.78, 5) is 0. The van der Waals surface area contributed by atoms with Crippen LogP contribution in [0.5, 0.6) is 11.5 Å². The molecule has 0 saturated heterocycles. The highest BCUT2D eigenvalue weighted by atomic mass is 79.9. The van der Waals surface area contributed by atoms with Crippen molar-refractivity contribution in [3.63, 3.8) is 0 Å². The van der Waals surface area contributed by atoms with Gasteiger partial charge in [0.1, 0.15) is 11.6 Å². The number of nitrogens with one attached hydrogen (secondary N) is 1. The monoisotopic (exact) mass is 340 g/mol. The molecule has 0 aliphatic rings. The SMILES string of the molecule is Cc1ccc(Oc2cc(Br)cc(F)c2F)c(C(=N)N)c1. The maximum atomic E-state index is 13.7. The summed E-state index contributed by atoms with van der Waals surface area (Å²) in [6, 6.07) is 7.24. The lowest BCUT2D eigenvalue weighted by Gasteiger charge is -2.12. The van der Waals surface area contributed by atoms with E-state index in [1.807, 2.05) is 6.92 Å². The van der Waals surface area contributed by atoms with Gasteiger partial charge in [-0.05, 0) is 31.2 Å². The Hall–Kier alpha value is -1.95. The molecule has 0 aliphatic carbocycles. The van der Waals surface area contributed by atoms with Crippen LogP contribution in [0.1, 0.15) is 11.1 Å². The van der Waals surface area contributed by atoms with Gasteiger partial charge >= 0.3 is 0 Å². The minimum atomic E-state index is -1.09. The molecule has 0 atom stereocenters. The van der Waals surface area contributed by atoms with Gasteiger partial charge in [0, 0.05) is 4.47 Å². The number of rotatable bonds is 3. The first-order chi connectivity index (χ1) is 9.38. The molecule has 0 aliphatic heterocycles. The van der Waals surface area contributed by atoms with Gasteiger partial charge in [0.2, 0.25) is 5.82 Å². The van der Waals surface area contributed by atoms with E-state index in [0.717, 1.165) is 11.6 Å². The molecule has 3 nitrogen and oxygen atoms in total. The predicted octanol–water partition coefficient (Wildman–Crippen LogP) is 4.11. The number of nitrogens with two attached hydrogens (primary N) is 1. The van der Waals surface area contributed by atoms with Crippen molar-refractivity contribution in [1.29, 1.82) is 5.41 Å². The van der Waals surface area contributed by atoms with Gasteiger partial charge in [0.05, 0.1) is 5.56 Å². The number of ether oxygens (including phenoxy) is 1. The second-order valence-electron chi connectivity index (χ2n) is 4.22. The van der Waals surface area contributed by atoms with Crippen molar-refractivity contribution < 1.29 is 13.5 Å². The lowest BCUT2D eigenvalue weighted by Crippen LogP contribution is -2.12. The summed E-state index contributed by atoms with van der Waals surface area (Å²) in [5.41, 5.74) is 6.66. The zero-order chi connectivity index (χ0) is 14.9. The summed E-state index contributed by atoms with van der Waals surface area (Å²) in [5.74, 6) is -2.41. The molecule has 0 radical (unpaired) electrons. The lowest BCUT2D eigenvalue weighted by molar-refractivity contribution is 0.415. The molecule has 0 bridgehead atoms. The second kappa shape index (κ2) is 5.58. The van der Waals surface area contributed by atoms with Crippen LogP contribution in [0.4, 0.5) is 8.78 Å². The van der Waals surface area contributed by atoms with Gasteiger partial charge in [0.15, 0.2) is 11.6 Å². The molecule has 0 spiro atoms. The van der Waals surface area contributed by atoms with Crippen molar-refractivity contribution in [1.82, 2.24) is 0 Å². The zero-order valence-corrected chi connectivity index (χ0v) is 12.1. The third-order valence-corrected chi connectivity index (χ3v) is 3.06. The third kappa shape index (κ3) is 2.96. The second-order valence-corrected chi connectivity index (χ2v) is 5.13. The molecule has 6 heteroatoms. The van der Waals surface area contributed by atoms with Gasteiger partial charge in [-0.3, -0.25) is 5.41 Å². The largest absolute Gasteiger partial charge is 0.453 e. The van der Waals surface area contributed by atoms with E-state index < -0.39 is 11.6 Å². The molecular formula is C14H11BrF2N2O. The molecule has 0 unspecified atom stereocenters. The Labute approximate surface area is 123 Å². The number of aryl methyl sites for hydroxylation is 1. The number of hydrogen-bond acceptors (Lipinski definition) is 2. The first kappa shape index (κ1) is 14.5. The van der Waals surface area contributed by atoms with Crippen molar-refractivity contribution in [2.45, 2.75) is 6.92 Å². The predicted molar refractivity (Wildman–Crippen MR) is 76.3 cm³/mol. The minimum Gasteiger partial charge on any atom is -0.453 e. The number of hydrogen-bond donors (Lipinski definition) is 2. The van der Waals surface area contributed by atoms with Gasteiger partial charge in [-0.15, -0.1) is 0 Å². The average Bonchev–Trinajstić information content (AvgIpc) is 2.37. The number of benzene rings is 2. The fraction of sp³-hybridized carbons (Fsp3) is 0.0714. The highest BCUT2D eigenvalue weighted by Gasteiger charge is 2.15. The van der Waals surface area contributed by atoms with Crippen molar-refractivity contribution in [3.05, 3.63) is 57.6 Å². The first-order valence-electron chi connectivity index (χ1n) is 5.66. The van der Waals surface area contributed by atoms with E-state index in [1.165, 1.54) is 6.07 Å². The number of amidine groups is 1. The van der Waals surface area contributed by atoms with Crippen LogP contribution >= 0.6 is 15.9 Å². The molecule has 2 aromatic rings. The average molecular weight is 341 g/mol. The highest BCUT2D eigenvalue weighted by molar-refractivity contribution is 9.10. The van der Waals surface area contributed by atoms with Crippen molar-refractivity contribution in [2.24, 2.45) is 5.73 Å². The van der Waals surface area contributed by atoms with Gasteiger partial charge < -0.3 is 10.5 Å². The Morgan fingerprint density at radius 3 is 2.55 bits per heavy atom. The van der Waals surface area contributed by atoms with Crippen LogP contribution in [0.3, 0.4) is 0 Å². The third-order valence-electron chi connectivity index (χ3n) is 2.60. The number of nitrogen functional groups attached to an aromatic ring is 1. The Morgan fingerprint density at radius 2 is 1.90 bits per heavy atom. The maximum Gasteiger partial charge on any atom is 0.201 e. The van der Waals surface area contributed by atoms with E-state index in [9.17, 15) is 8.78 Å². The topological polar surface area (TPSA) is 59.1 Å². The van der Waals surface area contributed by atoms with Gasteiger partial charge in [0.25, 0.3) is 0 Å².